The van der Waals surface area contributed by atoms with E-state index in [0.717, 1.165) is 16.8 Å². The molecule has 0 unspecified atom stereocenters. The Labute approximate surface area is 115 Å². The number of nitrogens with one attached hydrogen (secondary N) is 2. The van der Waals surface area contributed by atoms with Crippen LogP contribution in [0.15, 0.2) is 34.7 Å². The molecule has 2 N–H and O–H groups in total. The second-order valence-electron chi connectivity index (χ2n) is 4.17. The molecule has 3 rings (SSSR count). The highest BCUT2D eigenvalue weighted by atomic mass is 35.5. The van der Waals surface area contributed by atoms with Gasteiger partial charge in [0.25, 0.3) is 0 Å². The normalized spacial score (nSPS) is 25.2. The van der Waals surface area contributed by atoms with E-state index >= 15 is 0 Å². The monoisotopic (exact) mass is 302 g/mol. The summed E-state index contributed by atoms with van der Waals surface area (Å²) in [5, 5.41) is 7.93. The van der Waals surface area contributed by atoms with Crippen molar-refractivity contribution in [3.63, 3.8) is 0 Å². The molecule has 7 heteroatoms. The molecule has 0 amide bonds. The smallest absolute Gasteiger partial charge is 0.174 e. The minimum absolute atomic E-state index is 0.0529. The summed E-state index contributed by atoms with van der Waals surface area (Å²) >= 11 is 7.44. The van der Waals surface area contributed by atoms with Gasteiger partial charge in [0.05, 0.1) is 22.4 Å². The number of rotatable bonds is 2. The number of fused-ring (bicyclic) bond motifs is 1. The Kier molecular flexibility index (Phi) is 2.96. The largest absolute Gasteiger partial charge is 0.355 e. The Balaban J connectivity index is 1.69. The second-order valence-corrected chi connectivity index (χ2v) is 7.82. The van der Waals surface area contributed by atoms with Gasteiger partial charge in [-0.3, -0.25) is 0 Å². The lowest BCUT2D eigenvalue weighted by molar-refractivity contribution is 0.606. The van der Waals surface area contributed by atoms with E-state index < -0.39 is 9.84 Å². The highest BCUT2D eigenvalue weighted by molar-refractivity contribution is 8.03. The van der Waals surface area contributed by atoms with E-state index in [9.17, 15) is 8.42 Å². The number of anilines is 2. The van der Waals surface area contributed by atoms with Crippen molar-refractivity contribution >= 4 is 44.6 Å². The lowest BCUT2D eigenvalue weighted by Crippen LogP contribution is -2.23. The summed E-state index contributed by atoms with van der Waals surface area (Å²) in [7, 11) is -3.12. The van der Waals surface area contributed by atoms with Crippen molar-refractivity contribution in [2.24, 2.45) is 0 Å². The standard InChI is InChI=1S/C11H11ClN2O2S2/c12-7-5-18(15,16)6-10(7)17-11-13-8-3-1-2-4-9(8)14-11/h1-5,10-11,13-14H,6H2/t10-/m0/s1. The molecule has 4 nitrogen and oxygen atoms in total. The third-order valence-electron chi connectivity index (χ3n) is 2.78. The van der Waals surface area contributed by atoms with Crippen LogP contribution in [0.5, 0.6) is 0 Å². The van der Waals surface area contributed by atoms with Gasteiger partial charge in [-0.15, -0.1) is 11.8 Å². The molecule has 0 radical (unpaired) electrons. The van der Waals surface area contributed by atoms with Gasteiger partial charge in [0, 0.05) is 10.4 Å². The molecule has 1 aromatic rings. The van der Waals surface area contributed by atoms with E-state index in [1.54, 1.807) is 0 Å². The zero-order valence-electron chi connectivity index (χ0n) is 9.26. The fourth-order valence-corrected chi connectivity index (χ4v) is 5.80. The number of hydrogen-bond acceptors (Lipinski definition) is 5. The van der Waals surface area contributed by atoms with Gasteiger partial charge >= 0.3 is 0 Å². The van der Waals surface area contributed by atoms with Crippen molar-refractivity contribution < 1.29 is 8.42 Å². The predicted molar refractivity (Wildman–Crippen MR) is 76.6 cm³/mol. The Morgan fingerprint density at radius 1 is 1.22 bits per heavy atom. The van der Waals surface area contributed by atoms with E-state index in [1.807, 2.05) is 24.3 Å². The minimum Gasteiger partial charge on any atom is -0.355 e. The highest BCUT2D eigenvalue weighted by Gasteiger charge is 2.32. The predicted octanol–water partition coefficient (Wildman–Crippen LogP) is 2.42. The van der Waals surface area contributed by atoms with Crippen LogP contribution >= 0.6 is 23.4 Å². The summed E-state index contributed by atoms with van der Waals surface area (Å²) in [6.45, 7) is 0. The molecule has 96 valence electrons. The fraction of sp³-hybridized carbons (Fsp3) is 0.273. The zero-order valence-corrected chi connectivity index (χ0v) is 11.6. The van der Waals surface area contributed by atoms with Gasteiger partial charge in [-0.25, -0.2) is 8.42 Å². The first-order valence-electron chi connectivity index (χ1n) is 5.41. The van der Waals surface area contributed by atoms with Crippen LogP contribution in [0.3, 0.4) is 0 Å². The Morgan fingerprint density at radius 2 is 1.83 bits per heavy atom. The van der Waals surface area contributed by atoms with Gasteiger partial charge in [-0.05, 0) is 12.1 Å². The number of benzene rings is 1. The van der Waals surface area contributed by atoms with Crippen molar-refractivity contribution in [1.29, 1.82) is 0 Å². The second kappa shape index (κ2) is 4.36. The van der Waals surface area contributed by atoms with Gasteiger partial charge in [0.2, 0.25) is 0 Å². The van der Waals surface area contributed by atoms with Gasteiger partial charge in [0.1, 0.15) is 5.50 Å². The van der Waals surface area contributed by atoms with Crippen molar-refractivity contribution in [3.05, 3.63) is 34.7 Å². The molecule has 2 heterocycles. The molecule has 0 aromatic heterocycles. The van der Waals surface area contributed by atoms with E-state index in [0.29, 0.717) is 5.03 Å². The maximum absolute atomic E-state index is 11.4. The van der Waals surface area contributed by atoms with Crippen LogP contribution in [0.25, 0.3) is 0 Å². The van der Waals surface area contributed by atoms with Crippen molar-refractivity contribution in [3.8, 4) is 0 Å². The molecule has 18 heavy (non-hydrogen) atoms. The molecule has 2 aliphatic rings. The summed E-state index contributed by atoms with van der Waals surface area (Å²) < 4.78 is 22.9. The van der Waals surface area contributed by atoms with Crippen molar-refractivity contribution in [2.45, 2.75) is 10.7 Å². The average Bonchev–Trinajstić information content (AvgIpc) is 2.79. The van der Waals surface area contributed by atoms with E-state index in [1.165, 1.54) is 11.8 Å². The van der Waals surface area contributed by atoms with Crippen molar-refractivity contribution in [1.82, 2.24) is 0 Å². The molecule has 0 bridgehead atoms. The maximum atomic E-state index is 11.4. The molecule has 0 spiro atoms. The minimum atomic E-state index is -3.12. The van der Waals surface area contributed by atoms with E-state index in [-0.39, 0.29) is 16.5 Å². The average molecular weight is 303 g/mol. The lowest BCUT2D eigenvalue weighted by atomic mass is 10.3. The molecule has 2 aliphatic heterocycles. The van der Waals surface area contributed by atoms with Gasteiger partial charge in [-0.2, -0.15) is 0 Å². The third-order valence-corrected chi connectivity index (χ3v) is 6.29. The molecule has 0 fully saturated rings. The van der Waals surface area contributed by atoms with Crippen LogP contribution in [0.2, 0.25) is 0 Å². The molecular formula is C11H11ClN2O2S2. The number of sulfone groups is 1. The van der Waals surface area contributed by atoms with Crippen LogP contribution < -0.4 is 10.6 Å². The van der Waals surface area contributed by atoms with Gasteiger partial charge in [-0.1, -0.05) is 23.7 Å². The molecule has 0 saturated carbocycles. The lowest BCUT2D eigenvalue weighted by Gasteiger charge is -2.16. The summed E-state index contributed by atoms with van der Waals surface area (Å²) in [6, 6.07) is 7.86. The molecule has 0 aliphatic carbocycles. The van der Waals surface area contributed by atoms with Crippen LogP contribution in [0.1, 0.15) is 0 Å². The Bertz CT molecular complexity index is 590. The number of halogens is 1. The zero-order chi connectivity index (χ0) is 12.8. The summed E-state index contributed by atoms with van der Waals surface area (Å²) in [6.07, 6.45) is 0. The number of hydrogen-bond donors (Lipinski definition) is 2. The topological polar surface area (TPSA) is 58.2 Å². The highest BCUT2D eigenvalue weighted by Crippen LogP contribution is 2.38. The first kappa shape index (κ1) is 12.2. The molecule has 1 aromatic carbocycles. The maximum Gasteiger partial charge on any atom is 0.174 e. The van der Waals surface area contributed by atoms with Gasteiger partial charge < -0.3 is 10.6 Å². The van der Waals surface area contributed by atoms with Crippen molar-refractivity contribution in [2.75, 3.05) is 16.4 Å². The number of thioether (sulfide) groups is 1. The summed E-state index contributed by atoms with van der Waals surface area (Å²) in [5.74, 6) is 0.0761. The molecule has 0 saturated heterocycles. The van der Waals surface area contributed by atoms with Crippen LogP contribution in [-0.4, -0.2) is 24.9 Å². The fourth-order valence-electron chi connectivity index (χ4n) is 1.98. The summed E-state index contributed by atoms with van der Waals surface area (Å²) in [5.41, 5.74) is 2.00. The molecular weight excluding hydrogens is 292 g/mol. The van der Waals surface area contributed by atoms with E-state index in [4.69, 9.17) is 11.6 Å². The first-order valence-corrected chi connectivity index (χ1v) is 8.44. The van der Waals surface area contributed by atoms with Crippen LogP contribution in [0.4, 0.5) is 11.4 Å². The quantitative estimate of drug-likeness (QED) is 0.878. The first-order chi connectivity index (χ1) is 8.53. The van der Waals surface area contributed by atoms with E-state index in [2.05, 4.69) is 10.6 Å². The SMILES string of the molecule is O=S1(=O)C=C(Cl)[C@@H](SC2Nc3ccccc3N2)C1. The van der Waals surface area contributed by atoms with Crippen LogP contribution in [0, 0.1) is 0 Å². The number of para-hydroxylation sites is 2. The Hall–Kier alpha value is -0.850. The Morgan fingerprint density at radius 3 is 2.33 bits per heavy atom. The summed E-state index contributed by atoms with van der Waals surface area (Å²) in [4.78, 5) is 0. The third kappa shape index (κ3) is 2.32. The van der Waals surface area contributed by atoms with Crippen LogP contribution in [-0.2, 0) is 9.84 Å². The van der Waals surface area contributed by atoms with Gasteiger partial charge in [0.15, 0.2) is 9.84 Å². The molecule has 1 atom stereocenters.